The highest BCUT2D eigenvalue weighted by Gasteiger charge is 2.34. The second-order valence-electron chi connectivity index (χ2n) is 8.08. The van der Waals surface area contributed by atoms with Crippen molar-refractivity contribution in [1.29, 1.82) is 0 Å². The number of piperazine rings is 1. The van der Waals surface area contributed by atoms with Crippen LogP contribution in [0.3, 0.4) is 0 Å². The molecule has 9 nitrogen and oxygen atoms in total. The first-order valence-corrected chi connectivity index (χ1v) is 10.4. The molecule has 0 aliphatic carbocycles. The largest absolute Gasteiger partial charge is 0.507 e. The number of amides is 1. The third kappa shape index (κ3) is 3.36. The zero-order valence-corrected chi connectivity index (χ0v) is 17.4. The summed E-state index contributed by atoms with van der Waals surface area (Å²) in [6.45, 7) is 3.56. The van der Waals surface area contributed by atoms with Gasteiger partial charge in [-0.1, -0.05) is 18.2 Å². The van der Waals surface area contributed by atoms with Crippen molar-refractivity contribution in [3.05, 3.63) is 59.0 Å². The third-order valence-corrected chi connectivity index (χ3v) is 6.08. The van der Waals surface area contributed by atoms with E-state index < -0.39 is 6.09 Å². The summed E-state index contributed by atoms with van der Waals surface area (Å²) in [5.74, 6) is 0.259. The fourth-order valence-electron chi connectivity index (χ4n) is 4.28. The van der Waals surface area contributed by atoms with E-state index in [4.69, 9.17) is 4.74 Å². The number of carbonyl (C=O) groups is 2. The molecule has 3 heterocycles. The molecule has 3 aromatic rings. The minimum absolute atomic E-state index is 0.0379. The molecule has 0 bridgehead atoms. The number of ketones is 1. The molecular formula is C23H22N4O5. The number of benzene rings is 2. The molecule has 32 heavy (non-hydrogen) atoms. The Kier molecular flexibility index (Phi) is 4.82. The molecule has 1 atom stereocenters. The summed E-state index contributed by atoms with van der Waals surface area (Å²) < 4.78 is 5.96. The summed E-state index contributed by atoms with van der Waals surface area (Å²) in [5, 5.41) is 27.9. The first-order chi connectivity index (χ1) is 15.4. The zero-order valence-electron chi connectivity index (χ0n) is 17.4. The quantitative estimate of drug-likeness (QED) is 0.542. The lowest BCUT2D eigenvalue weighted by Crippen LogP contribution is -2.52. The van der Waals surface area contributed by atoms with Crippen molar-refractivity contribution in [3.8, 4) is 11.5 Å². The Bertz CT molecular complexity index is 1260. The maximum atomic E-state index is 13.0. The van der Waals surface area contributed by atoms with Gasteiger partial charge in [-0.3, -0.25) is 14.8 Å². The van der Waals surface area contributed by atoms with E-state index in [0.717, 1.165) is 10.9 Å². The number of Topliss-reactive ketones (excluding diaryl/α,β-unsaturated/α-hetero) is 1. The SMILES string of the molecule is C[C@H]1CN(C(=O)O)CCN1Cc1c(O)ccc2c1O/C(=C\c1n[nH]c3ccccc13)C2=O. The molecule has 2 aliphatic heterocycles. The number of phenolic OH excluding ortho intramolecular Hbond substituents is 1. The highest BCUT2D eigenvalue weighted by atomic mass is 16.5. The van der Waals surface area contributed by atoms with Gasteiger partial charge in [-0.2, -0.15) is 5.10 Å². The second kappa shape index (κ2) is 7.69. The van der Waals surface area contributed by atoms with Gasteiger partial charge in [0, 0.05) is 43.7 Å². The van der Waals surface area contributed by atoms with Crippen LogP contribution in [-0.2, 0) is 6.54 Å². The molecule has 3 N–H and O–H groups in total. The van der Waals surface area contributed by atoms with Gasteiger partial charge < -0.3 is 19.8 Å². The lowest BCUT2D eigenvalue weighted by atomic mass is 10.0. The van der Waals surface area contributed by atoms with Crippen LogP contribution in [0, 0.1) is 0 Å². The van der Waals surface area contributed by atoms with Gasteiger partial charge in [0.1, 0.15) is 11.5 Å². The van der Waals surface area contributed by atoms with Gasteiger partial charge in [-0.15, -0.1) is 0 Å². The van der Waals surface area contributed by atoms with E-state index in [1.807, 2.05) is 31.2 Å². The number of ether oxygens (including phenoxy) is 1. The van der Waals surface area contributed by atoms with Crippen molar-refractivity contribution in [3.63, 3.8) is 0 Å². The molecule has 2 aromatic carbocycles. The number of para-hydroxylation sites is 1. The monoisotopic (exact) mass is 434 g/mol. The average molecular weight is 434 g/mol. The van der Waals surface area contributed by atoms with Crippen LogP contribution >= 0.6 is 0 Å². The van der Waals surface area contributed by atoms with Crippen LogP contribution in [0.4, 0.5) is 4.79 Å². The molecule has 0 unspecified atom stereocenters. The normalized spacial score (nSPS) is 20.0. The number of allylic oxidation sites excluding steroid dienone is 1. The van der Waals surface area contributed by atoms with Crippen LogP contribution in [0.1, 0.15) is 28.5 Å². The summed E-state index contributed by atoms with van der Waals surface area (Å²) in [5.41, 5.74) is 2.36. The van der Waals surface area contributed by atoms with Crippen LogP contribution in [0.15, 0.2) is 42.2 Å². The summed E-state index contributed by atoms with van der Waals surface area (Å²) in [7, 11) is 0. The van der Waals surface area contributed by atoms with Crippen LogP contribution < -0.4 is 4.74 Å². The third-order valence-electron chi connectivity index (χ3n) is 6.08. The molecule has 5 rings (SSSR count). The van der Waals surface area contributed by atoms with Crippen LogP contribution in [0.25, 0.3) is 17.0 Å². The molecule has 2 aliphatic rings. The predicted molar refractivity (Wildman–Crippen MR) is 117 cm³/mol. The smallest absolute Gasteiger partial charge is 0.407 e. The number of nitrogens with zero attached hydrogens (tertiary/aromatic N) is 3. The van der Waals surface area contributed by atoms with Gasteiger partial charge in [0.25, 0.3) is 0 Å². The number of carbonyl (C=O) groups excluding carboxylic acids is 1. The Morgan fingerprint density at radius 2 is 2.09 bits per heavy atom. The van der Waals surface area contributed by atoms with E-state index in [0.29, 0.717) is 48.7 Å². The van der Waals surface area contributed by atoms with Crippen LogP contribution in [-0.4, -0.2) is 67.8 Å². The van der Waals surface area contributed by atoms with Crippen molar-refractivity contribution in [1.82, 2.24) is 20.0 Å². The number of aromatic amines is 1. The summed E-state index contributed by atoms with van der Waals surface area (Å²) in [6.07, 6.45) is 0.672. The molecule has 1 saturated heterocycles. The Labute approximate surface area is 183 Å². The van der Waals surface area contributed by atoms with Gasteiger partial charge in [-0.25, -0.2) is 4.79 Å². The Morgan fingerprint density at radius 3 is 2.88 bits per heavy atom. The molecule has 0 radical (unpaired) electrons. The Morgan fingerprint density at radius 1 is 1.28 bits per heavy atom. The molecule has 0 saturated carbocycles. The maximum Gasteiger partial charge on any atom is 0.407 e. The fourth-order valence-corrected chi connectivity index (χ4v) is 4.28. The maximum absolute atomic E-state index is 13.0. The molecule has 0 spiro atoms. The molecule has 1 aromatic heterocycles. The number of carboxylic acid groups (broad SMARTS) is 1. The van der Waals surface area contributed by atoms with Gasteiger partial charge in [0.05, 0.1) is 22.3 Å². The number of aromatic nitrogens is 2. The first-order valence-electron chi connectivity index (χ1n) is 10.4. The van der Waals surface area contributed by atoms with Crippen LogP contribution in [0.5, 0.6) is 11.5 Å². The number of hydrogen-bond donors (Lipinski definition) is 3. The number of fused-ring (bicyclic) bond motifs is 2. The van der Waals surface area contributed by atoms with Gasteiger partial charge >= 0.3 is 6.09 Å². The number of phenols is 1. The van der Waals surface area contributed by atoms with Crippen LogP contribution in [0.2, 0.25) is 0 Å². The second-order valence-corrected chi connectivity index (χ2v) is 8.08. The standard InChI is InChI=1S/C23H22N4O5/c1-13-11-27(23(30)31)9-8-26(13)12-16-19(28)7-6-15-21(29)20(32-22(15)16)10-18-14-4-2-3-5-17(14)24-25-18/h2-7,10,13,28H,8-9,11-12H2,1H3,(H,24,25)(H,30,31)/b20-10-/t13-/m0/s1. The first kappa shape index (κ1) is 20.1. The molecule has 1 fully saturated rings. The fraction of sp³-hybridized carbons (Fsp3) is 0.261. The van der Waals surface area contributed by atoms with Gasteiger partial charge in [0.2, 0.25) is 5.78 Å². The highest BCUT2D eigenvalue weighted by Crippen LogP contribution is 2.40. The summed E-state index contributed by atoms with van der Waals surface area (Å²) in [4.78, 5) is 27.7. The lowest BCUT2D eigenvalue weighted by Gasteiger charge is -2.38. The van der Waals surface area contributed by atoms with Crippen molar-refractivity contribution in [2.24, 2.45) is 0 Å². The van der Waals surface area contributed by atoms with Crippen molar-refractivity contribution in [2.45, 2.75) is 19.5 Å². The molecule has 1 amide bonds. The Balaban J connectivity index is 1.44. The average Bonchev–Trinajstić information content (AvgIpc) is 3.33. The van der Waals surface area contributed by atoms with E-state index in [1.54, 1.807) is 12.1 Å². The van der Waals surface area contributed by atoms with Gasteiger partial charge in [-0.05, 0) is 25.1 Å². The highest BCUT2D eigenvalue weighted by molar-refractivity contribution is 6.15. The lowest BCUT2D eigenvalue weighted by molar-refractivity contribution is 0.0704. The minimum Gasteiger partial charge on any atom is -0.507 e. The van der Waals surface area contributed by atoms with E-state index in [9.17, 15) is 19.8 Å². The van der Waals surface area contributed by atoms with E-state index in [1.165, 1.54) is 11.0 Å². The van der Waals surface area contributed by atoms with Crippen molar-refractivity contribution >= 4 is 28.9 Å². The topological polar surface area (TPSA) is 119 Å². The zero-order chi connectivity index (χ0) is 22.4. The van der Waals surface area contributed by atoms with E-state index in [2.05, 4.69) is 15.1 Å². The summed E-state index contributed by atoms with van der Waals surface area (Å²) >= 11 is 0. The van der Waals surface area contributed by atoms with Crippen molar-refractivity contribution < 1.29 is 24.5 Å². The molecule has 164 valence electrons. The number of aromatic hydroxyl groups is 1. The number of rotatable bonds is 3. The Hall–Kier alpha value is -3.85. The van der Waals surface area contributed by atoms with Crippen molar-refractivity contribution in [2.75, 3.05) is 19.6 Å². The van der Waals surface area contributed by atoms with E-state index in [-0.39, 0.29) is 23.3 Å². The minimum atomic E-state index is -0.936. The van der Waals surface area contributed by atoms with Gasteiger partial charge in [0.15, 0.2) is 5.76 Å². The summed E-state index contributed by atoms with van der Waals surface area (Å²) in [6, 6.07) is 10.6. The number of hydrogen-bond acceptors (Lipinski definition) is 6. The van der Waals surface area contributed by atoms with E-state index >= 15 is 0 Å². The number of nitrogens with one attached hydrogen (secondary N) is 1. The molecule has 9 heteroatoms. The predicted octanol–water partition coefficient (Wildman–Crippen LogP) is 3.07. The molecular weight excluding hydrogens is 412 g/mol. The number of H-pyrrole nitrogens is 1.